The number of rotatable bonds is 4. The van der Waals surface area contributed by atoms with Crippen molar-refractivity contribution in [3.05, 3.63) is 24.3 Å². The molecule has 0 aliphatic rings. The van der Waals surface area contributed by atoms with Crippen molar-refractivity contribution < 1.29 is 26.1 Å². The molecule has 16 heavy (non-hydrogen) atoms. The van der Waals surface area contributed by atoms with Gasteiger partial charge in [-0.15, -0.1) is 0 Å². The normalized spacial score (nSPS) is 14.2. The van der Waals surface area contributed by atoms with Crippen molar-refractivity contribution in [2.45, 2.75) is 6.92 Å². The second-order valence-corrected chi connectivity index (χ2v) is 6.68. The summed E-state index contributed by atoms with van der Waals surface area (Å²) >= 11 is -4.96. The maximum atomic E-state index is 11.9. The van der Waals surface area contributed by atoms with Crippen molar-refractivity contribution in [1.29, 1.82) is 0 Å². The first-order valence-electron chi connectivity index (χ1n) is 4.13. The molecule has 88 valence electrons. The third-order valence-electron chi connectivity index (χ3n) is 1.70. The number of carbonyl (C=O) groups is 1. The summed E-state index contributed by atoms with van der Waals surface area (Å²) in [5.41, 5.74) is 0.440. The number of carbonyl (C=O) groups excluding carboxylic acids is 1. The maximum absolute atomic E-state index is 11.9. The minimum atomic E-state index is -4.96. The molecule has 1 amide bonds. The standard InChI is InChI=1S/C8H9AsFNO5/c1-6(12)11-8-4-2-7(3-5-8)9(13,15-10)16-14/h2-5,14H,1H3,(H,11,12). The van der Waals surface area contributed by atoms with Gasteiger partial charge in [-0.25, -0.2) is 0 Å². The monoisotopic (exact) mass is 293 g/mol. The minimum absolute atomic E-state index is 0.114. The van der Waals surface area contributed by atoms with Crippen molar-refractivity contribution in [3.63, 3.8) is 0 Å². The van der Waals surface area contributed by atoms with Gasteiger partial charge in [-0.05, 0) is 0 Å². The van der Waals surface area contributed by atoms with Crippen LogP contribution in [0, 0.1) is 0 Å². The fourth-order valence-electron chi connectivity index (χ4n) is 1.03. The van der Waals surface area contributed by atoms with Crippen LogP contribution in [0.15, 0.2) is 24.3 Å². The Morgan fingerprint density at radius 3 is 2.38 bits per heavy atom. The molecule has 2 N–H and O–H groups in total. The Hall–Kier alpha value is -1.14. The van der Waals surface area contributed by atoms with Gasteiger partial charge < -0.3 is 0 Å². The molecule has 0 saturated carbocycles. The van der Waals surface area contributed by atoms with Crippen LogP contribution in [-0.2, 0) is 16.3 Å². The first-order chi connectivity index (χ1) is 7.51. The van der Waals surface area contributed by atoms with Gasteiger partial charge >= 0.3 is 92.7 Å². The first-order valence-corrected chi connectivity index (χ1v) is 7.37. The van der Waals surface area contributed by atoms with E-state index < -0.39 is 14.2 Å². The molecular weight excluding hydrogens is 284 g/mol. The molecular formula is C8H9AsFNO5. The molecule has 0 radical (unpaired) electrons. The van der Waals surface area contributed by atoms with E-state index in [9.17, 15) is 13.1 Å². The van der Waals surface area contributed by atoms with E-state index in [2.05, 4.69) is 13.1 Å². The van der Waals surface area contributed by atoms with Crippen molar-refractivity contribution >= 4 is 30.1 Å². The Morgan fingerprint density at radius 1 is 1.44 bits per heavy atom. The second kappa shape index (κ2) is 5.27. The van der Waals surface area contributed by atoms with Gasteiger partial charge in [0.05, 0.1) is 0 Å². The molecule has 6 nitrogen and oxygen atoms in total. The van der Waals surface area contributed by atoms with Gasteiger partial charge in [0.2, 0.25) is 0 Å². The number of benzene rings is 1. The Morgan fingerprint density at radius 2 is 2.00 bits per heavy atom. The molecule has 0 heterocycles. The molecule has 0 fully saturated rings. The van der Waals surface area contributed by atoms with Gasteiger partial charge in [0, 0.05) is 0 Å². The molecule has 1 aromatic carbocycles. The van der Waals surface area contributed by atoms with Gasteiger partial charge in [0.15, 0.2) is 0 Å². The van der Waals surface area contributed by atoms with Crippen LogP contribution >= 0.6 is 0 Å². The zero-order valence-corrected chi connectivity index (χ0v) is 10.1. The number of halogens is 1. The molecule has 0 aliphatic heterocycles. The van der Waals surface area contributed by atoms with E-state index >= 15 is 0 Å². The first kappa shape index (κ1) is 12.9. The van der Waals surface area contributed by atoms with Crippen LogP contribution in [0.2, 0.25) is 0 Å². The van der Waals surface area contributed by atoms with Gasteiger partial charge in [0.25, 0.3) is 0 Å². The van der Waals surface area contributed by atoms with Crippen LogP contribution in [0.3, 0.4) is 0 Å². The fraction of sp³-hybridized carbons (Fsp3) is 0.125. The average molecular weight is 293 g/mol. The molecule has 1 aromatic rings. The third-order valence-corrected chi connectivity index (χ3v) is 4.49. The molecule has 1 rings (SSSR count). The number of nitrogens with one attached hydrogen (secondary N) is 1. The van der Waals surface area contributed by atoms with E-state index in [1.54, 1.807) is 0 Å². The summed E-state index contributed by atoms with van der Waals surface area (Å²) in [6.45, 7) is 1.32. The van der Waals surface area contributed by atoms with E-state index in [0.717, 1.165) is 0 Å². The van der Waals surface area contributed by atoms with Crippen molar-refractivity contribution in [3.8, 4) is 0 Å². The summed E-state index contributed by atoms with van der Waals surface area (Å²) in [4.78, 5) is 10.7. The SMILES string of the molecule is CC(=O)Nc1ccc([As](=O)(OO)OF)cc1. The van der Waals surface area contributed by atoms with Crippen LogP contribution in [-0.4, -0.2) is 25.3 Å². The Kier molecular flexibility index (Phi) is 4.25. The molecule has 0 bridgehead atoms. The summed E-state index contributed by atoms with van der Waals surface area (Å²) < 4.78 is 29.9. The topological polar surface area (TPSA) is 84.9 Å². The summed E-state index contributed by atoms with van der Waals surface area (Å²) in [6, 6.07) is 5.20. The molecule has 0 aromatic heterocycles. The van der Waals surface area contributed by atoms with Crippen molar-refractivity contribution in [2.24, 2.45) is 0 Å². The number of hydrogen-bond donors (Lipinski definition) is 2. The predicted octanol–water partition coefficient (Wildman–Crippen LogP) is 0.612. The average Bonchev–Trinajstić information content (AvgIpc) is 2.28. The zero-order chi connectivity index (χ0) is 12.2. The third kappa shape index (κ3) is 2.93. The van der Waals surface area contributed by atoms with Gasteiger partial charge in [-0.1, -0.05) is 0 Å². The number of anilines is 1. The summed E-state index contributed by atoms with van der Waals surface area (Å²) in [6.07, 6.45) is 0. The zero-order valence-electron chi connectivity index (χ0n) is 8.21. The Balaban J connectivity index is 2.94. The van der Waals surface area contributed by atoms with Gasteiger partial charge in [0.1, 0.15) is 0 Å². The predicted molar refractivity (Wildman–Crippen MR) is 52.7 cm³/mol. The van der Waals surface area contributed by atoms with E-state index in [-0.39, 0.29) is 10.3 Å². The number of hydrogen-bond acceptors (Lipinski definition) is 5. The Bertz CT molecular complexity index is 413. The quantitative estimate of drug-likeness (QED) is 0.483. The van der Waals surface area contributed by atoms with Gasteiger partial charge in [-0.2, -0.15) is 0 Å². The van der Waals surface area contributed by atoms with Crippen LogP contribution in [0.4, 0.5) is 10.2 Å². The van der Waals surface area contributed by atoms with E-state index in [1.807, 2.05) is 0 Å². The molecule has 0 spiro atoms. The fourth-order valence-corrected chi connectivity index (χ4v) is 2.53. The number of amides is 1. The van der Waals surface area contributed by atoms with Crippen molar-refractivity contribution in [2.75, 3.05) is 5.32 Å². The summed E-state index contributed by atoms with van der Waals surface area (Å²) in [5.74, 6) is -0.276. The molecule has 0 aliphatic carbocycles. The summed E-state index contributed by atoms with van der Waals surface area (Å²) in [7, 11) is 0. The van der Waals surface area contributed by atoms with E-state index in [1.165, 1.54) is 31.2 Å². The van der Waals surface area contributed by atoms with Gasteiger partial charge in [-0.3, -0.25) is 0 Å². The van der Waals surface area contributed by atoms with E-state index in [0.29, 0.717) is 5.69 Å². The second-order valence-electron chi connectivity index (χ2n) is 2.88. The summed E-state index contributed by atoms with van der Waals surface area (Å²) in [5, 5.41) is 10.7. The van der Waals surface area contributed by atoms with Crippen LogP contribution < -0.4 is 9.67 Å². The Labute approximate surface area is 93.2 Å². The van der Waals surface area contributed by atoms with Crippen LogP contribution in [0.25, 0.3) is 0 Å². The van der Waals surface area contributed by atoms with Crippen LogP contribution in [0.5, 0.6) is 0 Å². The van der Waals surface area contributed by atoms with Crippen LogP contribution in [0.1, 0.15) is 6.92 Å². The molecule has 1 unspecified atom stereocenters. The molecule has 8 heteroatoms. The van der Waals surface area contributed by atoms with E-state index in [4.69, 9.17) is 5.26 Å². The molecule has 0 saturated heterocycles. The molecule has 1 atom stereocenters. The van der Waals surface area contributed by atoms with Crippen molar-refractivity contribution in [1.82, 2.24) is 0 Å².